The van der Waals surface area contributed by atoms with Crippen LogP contribution in [0.5, 0.6) is 0 Å². The quantitative estimate of drug-likeness (QED) is 0.921. The molecule has 19 heavy (non-hydrogen) atoms. The van der Waals surface area contributed by atoms with E-state index in [1.54, 1.807) is 18.3 Å². The Bertz CT molecular complexity index is 617. The van der Waals surface area contributed by atoms with E-state index in [2.05, 4.69) is 29.4 Å². The monoisotopic (exact) mass is 271 g/mol. The van der Waals surface area contributed by atoms with E-state index in [4.69, 9.17) is 16.9 Å². The smallest absolute Gasteiger partial charge is 0.0992 e. The Kier molecular flexibility index (Phi) is 4.38. The first-order valence-corrected chi connectivity index (χ1v) is 6.48. The summed E-state index contributed by atoms with van der Waals surface area (Å²) < 4.78 is 0. The molecule has 2 rings (SSSR count). The molecular weight excluding hydrogens is 258 g/mol. The number of benzene rings is 1. The number of nitriles is 1. The Balaban J connectivity index is 2.13. The van der Waals surface area contributed by atoms with Crippen LogP contribution in [-0.4, -0.2) is 4.98 Å². The third-order valence-electron chi connectivity index (χ3n) is 2.91. The Morgan fingerprint density at radius 3 is 2.89 bits per heavy atom. The fourth-order valence-electron chi connectivity index (χ4n) is 1.86. The molecule has 0 aliphatic heterocycles. The van der Waals surface area contributed by atoms with E-state index in [-0.39, 0.29) is 0 Å². The van der Waals surface area contributed by atoms with Crippen LogP contribution in [0.1, 0.15) is 23.7 Å². The number of aromatic nitrogens is 1. The van der Waals surface area contributed by atoms with Gasteiger partial charge in [-0.25, -0.2) is 0 Å². The van der Waals surface area contributed by atoms with Crippen LogP contribution in [0.3, 0.4) is 0 Å². The summed E-state index contributed by atoms with van der Waals surface area (Å²) in [5, 5.41) is 12.6. The molecule has 0 saturated carbocycles. The largest absolute Gasteiger partial charge is 0.378 e. The van der Waals surface area contributed by atoms with Crippen LogP contribution in [0.4, 0.5) is 5.69 Å². The minimum atomic E-state index is 0.549. The molecule has 0 fully saturated rings. The highest BCUT2D eigenvalue weighted by Crippen LogP contribution is 2.23. The summed E-state index contributed by atoms with van der Waals surface area (Å²) in [7, 11) is 0. The van der Waals surface area contributed by atoms with Gasteiger partial charge in [0.05, 0.1) is 34.6 Å². The van der Waals surface area contributed by atoms with Crippen molar-refractivity contribution in [3.8, 4) is 6.07 Å². The first-order chi connectivity index (χ1) is 9.24. The van der Waals surface area contributed by atoms with E-state index < -0.39 is 0 Å². The molecule has 0 aliphatic carbocycles. The number of nitrogens with zero attached hydrogens (tertiary/aromatic N) is 2. The molecule has 96 valence electrons. The number of hydrogen-bond acceptors (Lipinski definition) is 3. The Labute approximate surface area is 117 Å². The second-order valence-corrected chi connectivity index (χ2v) is 4.53. The first-order valence-electron chi connectivity index (χ1n) is 6.11. The van der Waals surface area contributed by atoms with Crippen molar-refractivity contribution in [2.24, 2.45) is 0 Å². The Morgan fingerprint density at radius 2 is 2.21 bits per heavy atom. The first kappa shape index (κ1) is 13.4. The summed E-state index contributed by atoms with van der Waals surface area (Å²) in [5.74, 6) is 0. The molecular formula is C15H14ClN3. The zero-order valence-corrected chi connectivity index (χ0v) is 11.4. The van der Waals surface area contributed by atoms with Crippen molar-refractivity contribution in [3.63, 3.8) is 0 Å². The van der Waals surface area contributed by atoms with Crippen LogP contribution in [0.2, 0.25) is 5.02 Å². The van der Waals surface area contributed by atoms with Crippen molar-refractivity contribution in [3.05, 3.63) is 58.4 Å². The highest BCUT2D eigenvalue weighted by molar-refractivity contribution is 6.33. The fourth-order valence-corrected chi connectivity index (χ4v) is 2.11. The lowest BCUT2D eigenvalue weighted by Crippen LogP contribution is -2.05. The minimum absolute atomic E-state index is 0.549. The molecule has 2 aromatic rings. The lowest BCUT2D eigenvalue weighted by molar-refractivity contribution is 0.972. The third-order valence-corrected chi connectivity index (χ3v) is 3.22. The van der Waals surface area contributed by atoms with Gasteiger partial charge < -0.3 is 5.32 Å². The van der Waals surface area contributed by atoms with E-state index in [1.165, 1.54) is 5.56 Å². The molecule has 1 N–H and O–H groups in total. The van der Waals surface area contributed by atoms with Crippen molar-refractivity contribution in [2.45, 2.75) is 19.9 Å². The zero-order valence-electron chi connectivity index (χ0n) is 10.7. The second-order valence-electron chi connectivity index (χ2n) is 4.12. The maximum atomic E-state index is 8.79. The standard InChI is InChI=1S/C15H14ClN3/c1-2-12-4-3-7-18-15(12)10-19-14-6-5-11(9-17)8-13(14)16/h3-8,19H,2,10H2,1H3. The predicted molar refractivity (Wildman–Crippen MR) is 77.1 cm³/mol. The van der Waals surface area contributed by atoms with Gasteiger partial charge in [-0.05, 0) is 36.2 Å². The summed E-state index contributed by atoms with van der Waals surface area (Å²) in [6.45, 7) is 2.73. The van der Waals surface area contributed by atoms with Crippen molar-refractivity contribution in [1.29, 1.82) is 5.26 Å². The molecule has 0 atom stereocenters. The van der Waals surface area contributed by atoms with E-state index in [0.29, 0.717) is 17.1 Å². The van der Waals surface area contributed by atoms with Crippen LogP contribution in [0.25, 0.3) is 0 Å². The fraction of sp³-hybridized carbons (Fsp3) is 0.200. The normalized spacial score (nSPS) is 9.95. The number of rotatable bonds is 4. The van der Waals surface area contributed by atoms with Gasteiger partial charge in [-0.3, -0.25) is 4.98 Å². The molecule has 0 saturated heterocycles. The third kappa shape index (κ3) is 3.24. The summed E-state index contributed by atoms with van der Waals surface area (Å²) in [6.07, 6.45) is 2.74. The van der Waals surface area contributed by atoms with Crippen LogP contribution in [0, 0.1) is 11.3 Å². The summed E-state index contributed by atoms with van der Waals surface area (Å²) in [5.41, 5.74) is 3.61. The summed E-state index contributed by atoms with van der Waals surface area (Å²) >= 11 is 6.11. The van der Waals surface area contributed by atoms with Crippen molar-refractivity contribution >= 4 is 17.3 Å². The van der Waals surface area contributed by atoms with E-state index in [9.17, 15) is 0 Å². The van der Waals surface area contributed by atoms with Gasteiger partial charge in [0.25, 0.3) is 0 Å². The summed E-state index contributed by atoms with van der Waals surface area (Å²) in [6, 6.07) is 11.3. The molecule has 4 heteroatoms. The second kappa shape index (κ2) is 6.21. The van der Waals surface area contributed by atoms with E-state index in [0.717, 1.165) is 17.8 Å². The Hall–Kier alpha value is -2.05. The maximum Gasteiger partial charge on any atom is 0.0992 e. The SMILES string of the molecule is CCc1cccnc1CNc1ccc(C#N)cc1Cl. The van der Waals surface area contributed by atoms with E-state index >= 15 is 0 Å². The Morgan fingerprint density at radius 1 is 1.37 bits per heavy atom. The molecule has 0 bridgehead atoms. The molecule has 0 amide bonds. The highest BCUT2D eigenvalue weighted by Gasteiger charge is 2.04. The lowest BCUT2D eigenvalue weighted by atomic mass is 10.1. The van der Waals surface area contributed by atoms with Crippen LogP contribution in [-0.2, 0) is 13.0 Å². The van der Waals surface area contributed by atoms with Gasteiger partial charge in [-0.2, -0.15) is 5.26 Å². The van der Waals surface area contributed by atoms with Crippen molar-refractivity contribution < 1.29 is 0 Å². The topological polar surface area (TPSA) is 48.7 Å². The molecule has 3 nitrogen and oxygen atoms in total. The number of pyridine rings is 1. The van der Waals surface area contributed by atoms with Crippen molar-refractivity contribution in [1.82, 2.24) is 4.98 Å². The predicted octanol–water partition coefficient (Wildman–Crippen LogP) is 3.78. The van der Waals surface area contributed by atoms with Crippen LogP contribution in [0.15, 0.2) is 36.5 Å². The average molecular weight is 272 g/mol. The van der Waals surface area contributed by atoms with Crippen LogP contribution >= 0.6 is 11.6 Å². The highest BCUT2D eigenvalue weighted by atomic mass is 35.5. The molecule has 1 aromatic carbocycles. The maximum absolute atomic E-state index is 8.79. The van der Waals surface area contributed by atoms with Crippen LogP contribution < -0.4 is 5.32 Å². The number of hydrogen-bond donors (Lipinski definition) is 1. The van der Waals surface area contributed by atoms with Crippen molar-refractivity contribution in [2.75, 3.05) is 5.32 Å². The summed E-state index contributed by atoms with van der Waals surface area (Å²) in [4.78, 5) is 4.37. The van der Waals surface area contributed by atoms with Gasteiger partial charge in [-0.15, -0.1) is 0 Å². The van der Waals surface area contributed by atoms with E-state index in [1.807, 2.05) is 12.1 Å². The van der Waals surface area contributed by atoms with Gasteiger partial charge in [-0.1, -0.05) is 24.6 Å². The molecule has 0 unspecified atom stereocenters. The molecule has 1 heterocycles. The molecule has 0 spiro atoms. The number of halogens is 1. The van der Waals surface area contributed by atoms with Gasteiger partial charge in [0.2, 0.25) is 0 Å². The van der Waals surface area contributed by atoms with Gasteiger partial charge in [0, 0.05) is 6.20 Å². The lowest BCUT2D eigenvalue weighted by Gasteiger charge is -2.10. The number of nitrogens with one attached hydrogen (secondary N) is 1. The molecule has 0 aliphatic rings. The number of aryl methyl sites for hydroxylation is 1. The van der Waals surface area contributed by atoms with Gasteiger partial charge in [0.15, 0.2) is 0 Å². The van der Waals surface area contributed by atoms with Gasteiger partial charge >= 0.3 is 0 Å². The minimum Gasteiger partial charge on any atom is -0.378 e. The zero-order chi connectivity index (χ0) is 13.7. The molecule has 0 radical (unpaired) electrons. The molecule has 1 aromatic heterocycles. The average Bonchev–Trinajstić information content (AvgIpc) is 2.46. The van der Waals surface area contributed by atoms with Gasteiger partial charge in [0.1, 0.15) is 0 Å². The number of anilines is 1.